The molecule has 0 heterocycles. The first-order valence-electron chi connectivity index (χ1n) is 5.13. The quantitative estimate of drug-likeness (QED) is 0.732. The van der Waals surface area contributed by atoms with Gasteiger partial charge in [0.15, 0.2) is 0 Å². The average molecular weight is 201 g/mol. The summed E-state index contributed by atoms with van der Waals surface area (Å²) in [6, 6.07) is 8.25. The minimum absolute atomic E-state index is 0.167. The third-order valence-corrected chi connectivity index (χ3v) is 3.05. The number of allylic oxidation sites excluding steroid dienone is 2. The Morgan fingerprint density at radius 3 is 2.47 bits per heavy atom. The van der Waals surface area contributed by atoms with Gasteiger partial charge in [0.05, 0.1) is 0 Å². The Balaban J connectivity index is 3.35. The first-order chi connectivity index (χ1) is 7.06. The van der Waals surface area contributed by atoms with E-state index in [0.29, 0.717) is 0 Å². The summed E-state index contributed by atoms with van der Waals surface area (Å²) in [7, 11) is 1.93. The van der Waals surface area contributed by atoms with Gasteiger partial charge in [0.2, 0.25) is 0 Å². The maximum Gasteiger partial charge on any atom is 0.0382 e. The van der Waals surface area contributed by atoms with Crippen molar-refractivity contribution >= 4 is 5.69 Å². The Labute approximate surface area is 92.5 Å². The van der Waals surface area contributed by atoms with Crippen molar-refractivity contribution in [3.05, 3.63) is 54.6 Å². The monoisotopic (exact) mass is 201 g/mol. The number of nitrogens with one attached hydrogen (secondary N) is 1. The van der Waals surface area contributed by atoms with Gasteiger partial charge in [-0.25, -0.2) is 0 Å². The summed E-state index contributed by atoms with van der Waals surface area (Å²) >= 11 is 0. The van der Waals surface area contributed by atoms with Crippen LogP contribution in [-0.2, 0) is 5.41 Å². The molecule has 0 saturated carbocycles. The second-order valence-corrected chi connectivity index (χ2v) is 3.98. The maximum absolute atomic E-state index is 4.05. The van der Waals surface area contributed by atoms with Crippen LogP contribution in [-0.4, -0.2) is 7.05 Å². The molecule has 0 aliphatic rings. The standard InChI is InChI=1S/C14H19N/c1-6-14(4,11(2)3)12-9-7-8-10-13(12)15-5/h6-10,15H,1-2H2,3-5H3. The van der Waals surface area contributed by atoms with E-state index in [1.54, 1.807) is 0 Å². The fraction of sp³-hybridized carbons (Fsp3) is 0.286. The van der Waals surface area contributed by atoms with Gasteiger partial charge in [-0.1, -0.05) is 36.4 Å². The molecule has 0 spiro atoms. The van der Waals surface area contributed by atoms with Gasteiger partial charge in [-0.2, -0.15) is 0 Å². The van der Waals surface area contributed by atoms with Crippen LogP contribution in [0.5, 0.6) is 0 Å². The van der Waals surface area contributed by atoms with Crippen LogP contribution in [0.25, 0.3) is 0 Å². The van der Waals surface area contributed by atoms with E-state index < -0.39 is 0 Å². The van der Waals surface area contributed by atoms with E-state index in [1.807, 2.05) is 32.2 Å². The fourth-order valence-corrected chi connectivity index (χ4v) is 1.67. The lowest BCUT2D eigenvalue weighted by Crippen LogP contribution is -2.21. The van der Waals surface area contributed by atoms with E-state index in [2.05, 4.69) is 37.5 Å². The molecule has 0 amide bonds. The Hall–Kier alpha value is -1.50. The van der Waals surface area contributed by atoms with Crippen molar-refractivity contribution in [2.75, 3.05) is 12.4 Å². The van der Waals surface area contributed by atoms with Crippen LogP contribution >= 0.6 is 0 Å². The number of hydrogen-bond acceptors (Lipinski definition) is 1. The summed E-state index contributed by atoms with van der Waals surface area (Å²) in [5, 5.41) is 3.20. The molecular formula is C14H19N. The molecule has 15 heavy (non-hydrogen) atoms. The molecule has 80 valence electrons. The molecule has 0 radical (unpaired) electrons. The molecule has 0 bridgehead atoms. The van der Waals surface area contributed by atoms with E-state index in [1.165, 1.54) is 5.56 Å². The summed E-state index contributed by atoms with van der Waals surface area (Å²) in [5.41, 5.74) is 3.28. The summed E-state index contributed by atoms with van der Waals surface area (Å²) < 4.78 is 0. The van der Waals surface area contributed by atoms with Gasteiger partial charge in [0.1, 0.15) is 0 Å². The number of para-hydroxylation sites is 1. The lowest BCUT2D eigenvalue weighted by atomic mass is 9.76. The minimum atomic E-state index is -0.167. The van der Waals surface area contributed by atoms with Gasteiger partial charge in [-0.15, -0.1) is 6.58 Å². The van der Waals surface area contributed by atoms with Crippen molar-refractivity contribution in [2.24, 2.45) is 0 Å². The van der Waals surface area contributed by atoms with Crippen molar-refractivity contribution in [2.45, 2.75) is 19.3 Å². The van der Waals surface area contributed by atoms with E-state index in [4.69, 9.17) is 0 Å². The van der Waals surface area contributed by atoms with Gasteiger partial charge < -0.3 is 5.32 Å². The predicted molar refractivity (Wildman–Crippen MR) is 68.4 cm³/mol. The van der Waals surface area contributed by atoms with Gasteiger partial charge in [0.25, 0.3) is 0 Å². The highest BCUT2D eigenvalue weighted by atomic mass is 14.8. The predicted octanol–water partition coefficient (Wildman–Crippen LogP) is 3.75. The molecule has 0 saturated heterocycles. The SMILES string of the molecule is C=CC(C)(C(=C)C)c1ccccc1NC. The fourth-order valence-electron chi connectivity index (χ4n) is 1.67. The number of hydrogen-bond donors (Lipinski definition) is 1. The summed E-state index contributed by atoms with van der Waals surface area (Å²) in [5.74, 6) is 0. The lowest BCUT2D eigenvalue weighted by Gasteiger charge is -2.29. The van der Waals surface area contributed by atoms with Crippen LogP contribution in [0.3, 0.4) is 0 Å². The summed E-state index contributed by atoms with van der Waals surface area (Å²) in [4.78, 5) is 0. The van der Waals surface area contributed by atoms with Crippen molar-refractivity contribution in [3.63, 3.8) is 0 Å². The molecule has 0 fully saturated rings. The highest BCUT2D eigenvalue weighted by molar-refractivity contribution is 5.58. The molecule has 1 aromatic rings. The third kappa shape index (κ3) is 1.96. The molecule has 1 atom stereocenters. The zero-order chi connectivity index (χ0) is 11.5. The van der Waals surface area contributed by atoms with Crippen LogP contribution < -0.4 is 5.32 Å². The normalized spacial score (nSPS) is 14.1. The van der Waals surface area contributed by atoms with Crippen molar-refractivity contribution in [3.8, 4) is 0 Å². The average Bonchev–Trinajstić information content (AvgIpc) is 2.27. The van der Waals surface area contributed by atoms with E-state index in [-0.39, 0.29) is 5.41 Å². The highest BCUT2D eigenvalue weighted by Gasteiger charge is 2.25. The van der Waals surface area contributed by atoms with Crippen LogP contribution in [0.4, 0.5) is 5.69 Å². The summed E-state index contributed by atoms with van der Waals surface area (Å²) in [6.07, 6.45) is 1.95. The molecule has 0 aliphatic heterocycles. The number of anilines is 1. The largest absolute Gasteiger partial charge is 0.388 e. The first kappa shape index (κ1) is 11.6. The van der Waals surface area contributed by atoms with Crippen LogP contribution in [0.1, 0.15) is 19.4 Å². The maximum atomic E-state index is 4.05. The molecule has 1 heteroatoms. The molecule has 1 N–H and O–H groups in total. The number of benzene rings is 1. The Morgan fingerprint density at radius 2 is 2.00 bits per heavy atom. The van der Waals surface area contributed by atoms with Gasteiger partial charge in [0, 0.05) is 18.2 Å². The first-order valence-corrected chi connectivity index (χ1v) is 5.13. The third-order valence-electron chi connectivity index (χ3n) is 3.05. The second kappa shape index (κ2) is 4.35. The molecule has 1 rings (SSSR count). The summed E-state index contributed by atoms with van der Waals surface area (Å²) in [6.45, 7) is 12.1. The van der Waals surface area contributed by atoms with Crippen LogP contribution in [0.2, 0.25) is 0 Å². The Kier molecular flexibility index (Phi) is 3.35. The second-order valence-electron chi connectivity index (χ2n) is 3.98. The molecule has 1 unspecified atom stereocenters. The number of rotatable bonds is 4. The van der Waals surface area contributed by atoms with Crippen molar-refractivity contribution in [1.82, 2.24) is 0 Å². The van der Waals surface area contributed by atoms with Gasteiger partial charge in [-0.05, 0) is 25.5 Å². The van der Waals surface area contributed by atoms with Crippen molar-refractivity contribution in [1.29, 1.82) is 0 Å². The van der Waals surface area contributed by atoms with Gasteiger partial charge >= 0.3 is 0 Å². The topological polar surface area (TPSA) is 12.0 Å². The Morgan fingerprint density at radius 1 is 1.40 bits per heavy atom. The van der Waals surface area contributed by atoms with Crippen LogP contribution in [0, 0.1) is 0 Å². The van der Waals surface area contributed by atoms with E-state index >= 15 is 0 Å². The zero-order valence-corrected chi connectivity index (χ0v) is 9.80. The lowest BCUT2D eigenvalue weighted by molar-refractivity contribution is 0.710. The van der Waals surface area contributed by atoms with E-state index in [0.717, 1.165) is 11.3 Å². The molecule has 0 aromatic heterocycles. The molecule has 1 nitrogen and oxygen atoms in total. The van der Waals surface area contributed by atoms with Crippen LogP contribution in [0.15, 0.2) is 49.1 Å². The highest BCUT2D eigenvalue weighted by Crippen LogP contribution is 2.36. The molecule has 1 aromatic carbocycles. The zero-order valence-electron chi connectivity index (χ0n) is 9.80. The molecule has 0 aliphatic carbocycles. The Bertz CT molecular complexity index is 379. The minimum Gasteiger partial charge on any atom is -0.388 e. The van der Waals surface area contributed by atoms with Gasteiger partial charge in [-0.3, -0.25) is 0 Å². The van der Waals surface area contributed by atoms with E-state index in [9.17, 15) is 0 Å². The smallest absolute Gasteiger partial charge is 0.0382 e. The van der Waals surface area contributed by atoms with Crippen molar-refractivity contribution < 1.29 is 0 Å². The molecular weight excluding hydrogens is 182 g/mol.